The number of phosphoric ester groups is 1. The summed E-state index contributed by atoms with van der Waals surface area (Å²) in [6, 6.07) is -1.53. The lowest BCUT2D eigenvalue weighted by molar-refractivity contribution is -0.161. The summed E-state index contributed by atoms with van der Waals surface area (Å²) in [7, 11) is -4.71. The Balaban J connectivity index is 4.53. The summed E-state index contributed by atoms with van der Waals surface area (Å²) in [5.74, 6) is -2.49. The largest absolute Gasteiger partial charge is 0.480 e. The summed E-state index contributed by atoms with van der Waals surface area (Å²) in [5, 5.41) is 8.79. The Bertz CT molecular complexity index is 1010. The van der Waals surface area contributed by atoms with Gasteiger partial charge in [0.2, 0.25) is 0 Å². The molecule has 0 aromatic carbocycles. The second kappa shape index (κ2) is 28.6. The van der Waals surface area contributed by atoms with Crippen LogP contribution in [0.15, 0.2) is 60.8 Å². The van der Waals surface area contributed by atoms with Gasteiger partial charge >= 0.3 is 25.7 Å². The molecule has 0 aliphatic carbocycles. The first-order valence-electron chi connectivity index (χ1n) is 15.8. The molecular weight excluding hydrogens is 601 g/mol. The molecule has 0 saturated carbocycles. The lowest BCUT2D eigenvalue weighted by atomic mass is 10.2. The molecule has 3 atom stereocenters. The van der Waals surface area contributed by atoms with Crippen LogP contribution in [0.4, 0.5) is 0 Å². The van der Waals surface area contributed by atoms with Crippen LogP contribution < -0.4 is 5.73 Å². The molecule has 12 heteroatoms. The van der Waals surface area contributed by atoms with Crippen LogP contribution in [-0.2, 0) is 37.5 Å². The number of carboxylic acid groups (broad SMARTS) is 1. The fraction of sp³-hybridized carbons (Fsp3) is 0.606. The van der Waals surface area contributed by atoms with Crippen molar-refractivity contribution in [2.75, 3.05) is 19.8 Å². The van der Waals surface area contributed by atoms with E-state index in [-0.39, 0.29) is 19.4 Å². The first kappa shape index (κ1) is 42.2. The van der Waals surface area contributed by atoms with Crippen molar-refractivity contribution in [3.63, 3.8) is 0 Å². The molecule has 0 saturated heterocycles. The number of allylic oxidation sites excluding steroid dienone is 10. The number of aliphatic carboxylic acids is 1. The second-order valence-electron chi connectivity index (χ2n) is 10.2. The van der Waals surface area contributed by atoms with E-state index < -0.39 is 51.1 Å². The zero-order chi connectivity index (χ0) is 33.6. The van der Waals surface area contributed by atoms with Crippen LogP contribution >= 0.6 is 7.82 Å². The predicted octanol–water partition coefficient (Wildman–Crippen LogP) is 6.88. The van der Waals surface area contributed by atoms with E-state index >= 15 is 0 Å². The standard InChI is InChI=1S/C33H54NO10P/c1-3-5-7-9-10-11-12-13-14-15-16-17-18-19-20-21-23-25-32(36)44-29(26-41-31(35)24-22-8-6-4-2)27-42-45(39,40)43-28-30(34)33(37)38/h5,7,10-11,13-14,16-17,19-20,29-30H,3-4,6,8-9,12,15,18,21-28,34H2,1-2H3,(H,37,38)(H,39,40)/b7-5-,11-10-,14-13-,17-16-,20-19-. The highest BCUT2D eigenvalue weighted by Crippen LogP contribution is 2.43. The number of unbranched alkanes of at least 4 members (excludes halogenated alkanes) is 4. The number of ether oxygens (including phenoxy) is 2. The smallest absolute Gasteiger partial charge is 0.472 e. The van der Waals surface area contributed by atoms with Crippen molar-refractivity contribution >= 4 is 25.7 Å². The predicted molar refractivity (Wildman–Crippen MR) is 175 cm³/mol. The maximum Gasteiger partial charge on any atom is 0.472 e. The van der Waals surface area contributed by atoms with Gasteiger partial charge in [0.25, 0.3) is 0 Å². The SMILES string of the molecule is CC/C=C\C/C=C\C/C=C\C/C=C\C/C=C\CCCC(=O)OC(COC(=O)CCCCCC)COP(=O)(O)OCC(N)C(=O)O. The molecule has 0 aromatic rings. The van der Waals surface area contributed by atoms with E-state index in [1.165, 1.54) is 0 Å². The third kappa shape index (κ3) is 28.4. The van der Waals surface area contributed by atoms with Gasteiger partial charge in [-0.2, -0.15) is 0 Å². The van der Waals surface area contributed by atoms with E-state index in [0.717, 1.165) is 51.4 Å². The van der Waals surface area contributed by atoms with Crippen LogP contribution in [0, 0.1) is 0 Å². The Hall–Kier alpha value is -2.82. The Kier molecular flexibility index (Phi) is 26.8. The van der Waals surface area contributed by atoms with Gasteiger partial charge in [0.1, 0.15) is 12.6 Å². The van der Waals surface area contributed by atoms with E-state index in [4.69, 9.17) is 24.8 Å². The maximum absolute atomic E-state index is 12.4. The van der Waals surface area contributed by atoms with Gasteiger partial charge in [-0.05, 0) is 51.4 Å². The third-order valence-corrected chi connectivity index (χ3v) is 6.98. The Morgan fingerprint density at radius 1 is 0.711 bits per heavy atom. The van der Waals surface area contributed by atoms with Crippen molar-refractivity contribution in [3.8, 4) is 0 Å². The summed E-state index contributed by atoms with van der Waals surface area (Å²) in [4.78, 5) is 45.1. The molecule has 0 fully saturated rings. The van der Waals surface area contributed by atoms with Gasteiger partial charge < -0.3 is 25.2 Å². The molecule has 0 aliphatic heterocycles. The number of hydrogen-bond acceptors (Lipinski definition) is 9. The maximum atomic E-state index is 12.4. The molecule has 0 radical (unpaired) electrons. The minimum atomic E-state index is -4.71. The van der Waals surface area contributed by atoms with Gasteiger partial charge in [-0.15, -0.1) is 0 Å². The van der Waals surface area contributed by atoms with Gasteiger partial charge in [0.15, 0.2) is 6.10 Å². The van der Waals surface area contributed by atoms with Gasteiger partial charge in [0.05, 0.1) is 13.2 Å². The highest BCUT2D eigenvalue weighted by molar-refractivity contribution is 7.47. The van der Waals surface area contributed by atoms with Crippen LogP contribution in [0.2, 0.25) is 0 Å². The van der Waals surface area contributed by atoms with Crippen molar-refractivity contribution in [3.05, 3.63) is 60.8 Å². The normalized spacial score (nSPS) is 14.9. The zero-order valence-electron chi connectivity index (χ0n) is 26.9. The number of esters is 2. The van der Waals surface area contributed by atoms with Crippen molar-refractivity contribution in [1.82, 2.24) is 0 Å². The highest BCUT2D eigenvalue weighted by Gasteiger charge is 2.28. The Morgan fingerprint density at radius 3 is 1.80 bits per heavy atom. The van der Waals surface area contributed by atoms with E-state index in [2.05, 4.69) is 67.0 Å². The average molecular weight is 656 g/mol. The minimum absolute atomic E-state index is 0.0799. The molecule has 256 valence electrons. The van der Waals surface area contributed by atoms with Crippen molar-refractivity contribution in [1.29, 1.82) is 0 Å². The first-order chi connectivity index (χ1) is 21.6. The molecule has 0 rings (SSSR count). The van der Waals surface area contributed by atoms with Crippen LogP contribution in [0.5, 0.6) is 0 Å². The highest BCUT2D eigenvalue weighted by atomic mass is 31.2. The number of carbonyl (C=O) groups is 3. The van der Waals surface area contributed by atoms with Gasteiger partial charge in [-0.1, -0.05) is 93.9 Å². The lowest BCUT2D eigenvalue weighted by Gasteiger charge is -2.20. The van der Waals surface area contributed by atoms with Gasteiger partial charge in [0, 0.05) is 12.8 Å². The number of hydrogen-bond donors (Lipinski definition) is 3. The van der Waals surface area contributed by atoms with Crippen LogP contribution in [0.3, 0.4) is 0 Å². The number of carboxylic acids is 1. The minimum Gasteiger partial charge on any atom is -0.480 e. The van der Waals surface area contributed by atoms with E-state index in [1.807, 2.05) is 12.2 Å². The molecule has 3 unspecified atom stereocenters. The zero-order valence-corrected chi connectivity index (χ0v) is 27.8. The molecular formula is C33H54NO10P. The topological polar surface area (TPSA) is 172 Å². The molecule has 11 nitrogen and oxygen atoms in total. The molecule has 45 heavy (non-hydrogen) atoms. The first-order valence-corrected chi connectivity index (χ1v) is 17.3. The molecule has 0 amide bonds. The summed E-state index contributed by atoms with van der Waals surface area (Å²) in [6.07, 6.45) is 29.6. The second-order valence-corrected chi connectivity index (χ2v) is 11.7. The van der Waals surface area contributed by atoms with Crippen molar-refractivity contribution in [2.24, 2.45) is 5.73 Å². The third-order valence-electron chi connectivity index (χ3n) is 6.03. The summed E-state index contributed by atoms with van der Waals surface area (Å²) < 4.78 is 32.1. The van der Waals surface area contributed by atoms with Crippen molar-refractivity contribution in [2.45, 2.75) is 109 Å². The molecule has 0 spiro atoms. The summed E-state index contributed by atoms with van der Waals surface area (Å²) in [5.41, 5.74) is 5.27. The molecule has 0 bridgehead atoms. The number of nitrogens with two attached hydrogens (primary N) is 1. The summed E-state index contributed by atoms with van der Waals surface area (Å²) >= 11 is 0. The average Bonchev–Trinajstić information content (AvgIpc) is 3.01. The fourth-order valence-electron chi connectivity index (χ4n) is 3.51. The van der Waals surface area contributed by atoms with E-state index in [9.17, 15) is 23.8 Å². The van der Waals surface area contributed by atoms with E-state index in [1.54, 1.807) is 0 Å². The van der Waals surface area contributed by atoms with E-state index in [0.29, 0.717) is 19.3 Å². The van der Waals surface area contributed by atoms with Gasteiger partial charge in [-0.25, -0.2) is 4.57 Å². The Labute approximate surface area is 268 Å². The number of carbonyl (C=O) groups excluding carboxylic acids is 2. The van der Waals surface area contributed by atoms with Crippen molar-refractivity contribution < 1.29 is 47.5 Å². The monoisotopic (exact) mass is 655 g/mol. The van der Waals surface area contributed by atoms with Crippen LogP contribution in [0.1, 0.15) is 97.3 Å². The lowest BCUT2D eigenvalue weighted by Crippen LogP contribution is -2.34. The van der Waals surface area contributed by atoms with Crippen LogP contribution in [0.25, 0.3) is 0 Å². The Morgan fingerprint density at radius 2 is 1.24 bits per heavy atom. The number of phosphoric acid groups is 1. The van der Waals surface area contributed by atoms with Gasteiger partial charge in [-0.3, -0.25) is 23.4 Å². The molecule has 0 aromatic heterocycles. The molecule has 0 heterocycles. The molecule has 4 N–H and O–H groups in total. The van der Waals surface area contributed by atoms with Crippen LogP contribution in [-0.4, -0.2) is 59.9 Å². The quantitative estimate of drug-likeness (QED) is 0.0347. The molecule has 0 aliphatic rings. The number of rotatable bonds is 28. The fourth-order valence-corrected chi connectivity index (χ4v) is 4.29. The summed E-state index contributed by atoms with van der Waals surface area (Å²) in [6.45, 7) is 2.42.